The maximum atomic E-state index is 4.38. The van der Waals surface area contributed by atoms with E-state index in [1.54, 1.807) is 6.33 Å². The molecule has 3 nitrogen and oxygen atoms in total. The highest BCUT2D eigenvalue weighted by molar-refractivity contribution is 5.83. The monoisotopic (exact) mass is 236 g/mol. The molecule has 3 aromatic rings. The second-order valence-corrected chi connectivity index (χ2v) is 4.45. The van der Waals surface area contributed by atoms with Gasteiger partial charge in [0, 0.05) is 17.6 Å². The van der Waals surface area contributed by atoms with Crippen LogP contribution in [0, 0.1) is 6.92 Å². The van der Waals surface area contributed by atoms with Gasteiger partial charge in [0.15, 0.2) is 6.20 Å². The highest BCUT2D eigenvalue weighted by Gasteiger charge is 2.14. The minimum absolute atomic E-state index is 0.984. The predicted octanol–water partition coefficient (Wildman–Crippen LogP) is 2.43. The van der Waals surface area contributed by atoms with Gasteiger partial charge < -0.3 is 0 Å². The van der Waals surface area contributed by atoms with E-state index in [0.29, 0.717) is 0 Å². The Balaban J connectivity index is 2.30. The number of pyridine rings is 1. The standard InChI is InChI=1S/C15H14N3/c1-11-8-16-10-17-15(11)14-7-12-5-3-4-6-13(12)9-18(14)2/h3-10H,1-2H3/q+1. The maximum absolute atomic E-state index is 4.38. The van der Waals surface area contributed by atoms with Crippen molar-refractivity contribution in [3.05, 3.63) is 54.6 Å². The molecule has 0 amide bonds. The Labute approximate surface area is 106 Å². The van der Waals surface area contributed by atoms with E-state index >= 15 is 0 Å². The van der Waals surface area contributed by atoms with Crippen LogP contribution in [0.1, 0.15) is 5.56 Å². The molecule has 0 atom stereocenters. The molecule has 0 saturated heterocycles. The second kappa shape index (κ2) is 4.18. The number of hydrogen-bond acceptors (Lipinski definition) is 2. The Morgan fingerprint density at radius 3 is 2.67 bits per heavy atom. The third-order valence-electron chi connectivity index (χ3n) is 3.14. The van der Waals surface area contributed by atoms with E-state index in [1.807, 2.05) is 20.2 Å². The predicted molar refractivity (Wildman–Crippen MR) is 70.9 cm³/mol. The van der Waals surface area contributed by atoms with Crippen LogP contribution < -0.4 is 4.57 Å². The number of benzene rings is 1. The highest BCUT2D eigenvalue weighted by Crippen LogP contribution is 2.20. The minimum Gasteiger partial charge on any atom is -0.244 e. The zero-order chi connectivity index (χ0) is 12.5. The summed E-state index contributed by atoms with van der Waals surface area (Å²) in [6.07, 6.45) is 5.57. The van der Waals surface area contributed by atoms with Gasteiger partial charge in [-0.05, 0) is 23.9 Å². The quantitative estimate of drug-likeness (QED) is 0.607. The largest absolute Gasteiger partial charge is 0.244 e. The SMILES string of the molecule is Cc1cncnc1-c1cc2ccccc2c[n+]1C. The summed E-state index contributed by atoms with van der Waals surface area (Å²) in [5, 5.41) is 2.46. The van der Waals surface area contributed by atoms with Crippen molar-refractivity contribution in [3.63, 3.8) is 0 Å². The lowest BCUT2D eigenvalue weighted by Crippen LogP contribution is -2.31. The van der Waals surface area contributed by atoms with Crippen LogP contribution in [0.3, 0.4) is 0 Å². The smallest absolute Gasteiger partial charge is 0.231 e. The molecular weight excluding hydrogens is 222 g/mol. The summed E-state index contributed by atoms with van der Waals surface area (Å²) in [4.78, 5) is 8.43. The van der Waals surface area contributed by atoms with Crippen LogP contribution in [0.5, 0.6) is 0 Å². The topological polar surface area (TPSA) is 29.7 Å². The van der Waals surface area contributed by atoms with E-state index in [-0.39, 0.29) is 0 Å². The summed E-state index contributed by atoms with van der Waals surface area (Å²) < 4.78 is 2.11. The van der Waals surface area contributed by atoms with Gasteiger partial charge in [-0.25, -0.2) is 9.97 Å². The Morgan fingerprint density at radius 2 is 1.89 bits per heavy atom. The summed E-state index contributed by atoms with van der Waals surface area (Å²) in [6.45, 7) is 2.03. The van der Waals surface area contributed by atoms with Crippen molar-refractivity contribution in [1.82, 2.24) is 9.97 Å². The van der Waals surface area contributed by atoms with Crippen molar-refractivity contribution in [2.75, 3.05) is 0 Å². The third kappa shape index (κ3) is 1.74. The molecule has 0 aliphatic carbocycles. The van der Waals surface area contributed by atoms with Gasteiger partial charge in [-0.15, -0.1) is 0 Å². The lowest BCUT2D eigenvalue weighted by atomic mass is 10.1. The van der Waals surface area contributed by atoms with Crippen LogP contribution in [-0.2, 0) is 7.05 Å². The molecule has 2 aromatic heterocycles. The molecule has 1 aromatic carbocycles. The molecule has 3 heteroatoms. The Bertz CT molecular complexity index is 720. The average Bonchev–Trinajstić information content (AvgIpc) is 2.39. The number of rotatable bonds is 1. The van der Waals surface area contributed by atoms with Crippen LogP contribution in [-0.4, -0.2) is 9.97 Å². The van der Waals surface area contributed by atoms with E-state index in [2.05, 4.69) is 51.1 Å². The van der Waals surface area contributed by atoms with Crippen molar-refractivity contribution in [3.8, 4) is 11.4 Å². The molecule has 0 aliphatic heterocycles. The fraction of sp³-hybridized carbons (Fsp3) is 0.133. The molecule has 0 bridgehead atoms. The fourth-order valence-electron chi connectivity index (χ4n) is 2.19. The summed E-state index contributed by atoms with van der Waals surface area (Å²) in [5.74, 6) is 0. The minimum atomic E-state index is 0.984. The average molecular weight is 236 g/mol. The van der Waals surface area contributed by atoms with Crippen LogP contribution in [0.2, 0.25) is 0 Å². The molecule has 0 spiro atoms. The van der Waals surface area contributed by atoms with Crippen molar-refractivity contribution >= 4 is 10.8 Å². The van der Waals surface area contributed by atoms with Crippen molar-refractivity contribution < 1.29 is 4.57 Å². The van der Waals surface area contributed by atoms with E-state index in [4.69, 9.17) is 0 Å². The Hall–Kier alpha value is -2.29. The summed E-state index contributed by atoms with van der Waals surface area (Å²) in [7, 11) is 2.04. The first-order chi connectivity index (χ1) is 8.75. The van der Waals surface area contributed by atoms with E-state index in [0.717, 1.165) is 17.0 Å². The van der Waals surface area contributed by atoms with Crippen molar-refractivity contribution in [2.24, 2.45) is 7.05 Å². The van der Waals surface area contributed by atoms with Crippen LogP contribution in [0.15, 0.2) is 49.1 Å². The molecule has 0 aliphatic rings. The van der Waals surface area contributed by atoms with Gasteiger partial charge in [-0.2, -0.15) is 4.57 Å². The molecule has 0 N–H and O–H groups in total. The summed E-state index contributed by atoms with van der Waals surface area (Å²) in [5.41, 5.74) is 3.18. The lowest BCUT2D eigenvalue weighted by Gasteiger charge is -2.04. The van der Waals surface area contributed by atoms with Gasteiger partial charge in [0.2, 0.25) is 5.69 Å². The molecule has 3 rings (SSSR count). The first-order valence-electron chi connectivity index (χ1n) is 5.91. The number of hydrogen-bond donors (Lipinski definition) is 0. The van der Waals surface area contributed by atoms with E-state index in [1.165, 1.54) is 10.8 Å². The summed E-state index contributed by atoms with van der Waals surface area (Å²) >= 11 is 0. The number of nitrogens with zero attached hydrogens (tertiary/aromatic N) is 3. The van der Waals surface area contributed by atoms with Gasteiger partial charge in [0.05, 0.1) is 0 Å². The highest BCUT2D eigenvalue weighted by atomic mass is 14.9. The molecule has 0 fully saturated rings. The normalized spacial score (nSPS) is 10.8. The molecular formula is C15H14N3+. The number of fused-ring (bicyclic) bond motifs is 1. The lowest BCUT2D eigenvalue weighted by molar-refractivity contribution is -0.659. The maximum Gasteiger partial charge on any atom is 0.231 e. The van der Waals surface area contributed by atoms with Crippen LogP contribution in [0.4, 0.5) is 0 Å². The van der Waals surface area contributed by atoms with Crippen LogP contribution >= 0.6 is 0 Å². The molecule has 0 radical (unpaired) electrons. The van der Waals surface area contributed by atoms with E-state index in [9.17, 15) is 0 Å². The van der Waals surface area contributed by atoms with Gasteiger partial charge in [-0.3, -0.25) is 0 Å². The van der Waals surface area contributed by atoms with E-state index < -0.39 is 0 Å². The molecule has 0 saturated carbocycles. The number of aromatic nitrogens is 3. The number of aryl methyl sites for hydroxylation is 2. The van der Waals surface area contributed by atoms with Crippen molar-refractivity contribution in [1.29, 1.82) is 0 Å². The first kappa shape index (κ1) is 10.8. The summed E-state index contributed by atoms with van der Waals surface area (Å²) in [6, 6.07) is 10.5. The molecule has 18 heavy (non-hydrogen) atoms. The van der Waals surface area contributed by atoms with Crippen molar-refractivity contribution in [2.45, 2.75) is 6.92 Å². The zero-order valence-electron chi connectivity index (χ0n) is 10.5. The molecule has 88 valence electrons. The van der Waals surface area contributed by atoms with Gasteiger partial charge in [0.1, 0.15) is 19.1 Å². The molecule has 2 heterocycles. The first-order valence-corrected chi connectivity index (χ1v) is 5.91. The van der Waals surface area contributed by atoms with Crippen LogP contribution in [0.25, 0.3) is 22.2 Å². The van der Waals surface area contributed by atoms with Gasteiger partial charge in [0.25, 0.3) is 0 Å². The zero-order valence-corrected chi connectivity index (χ0v) is 10.5. The van der Waals surface area contributed by atoms with Gasteiger partial charge >= 0.3 is 0 Å². The van der Waals surface area contributed by atoms with Gasteiger partial charge in [-0.1, -0.05) is 18.2 Å². The Morgan fingerprint density at radius 1 is 1.11 bits per heavy atom. The third-order valence-corrected chi connectivity index (χ3v) is 3.14. The second-order valence-electron chi connectivity index (χ2n) is 4.45. The fourth-order valence-corrected chi connectivity index (χ4v) is 2.19. The molecule has 0 unspecified atom stereocenters. The Kier molecular flexibility index (Phi) is 2.52.